The van der Waals surface area contributed by atoms with E-state index >= 15 is 0 Å². The molecule has 0 spiro atoms. The van der Waals surface area contributed by atoms with Crippen molar-refractivity contribution in [2.75, 3.05) is 5.43 Å². The van der Waals surface area contributed by atoms with E-state index in [1.807, 2.05) is 6.92 Å². The van der Waals surface area contributed by atoms with Crippen LogP contribution in [-0.4, -0.2) is 14.9 Å². The van der Waals surface area contributed by atoms with E-state index in [0.717, 1.165) is 0 Å². The van der Waals surface area contributed by atoms with Gasteiger partial charge >= 0.3 is 0 Å². The van der Waals surface area contributed by atoms with E-state index < -0.39 is 4.92 Å². The number of fused-ring (bicyclic) bond motifs is 1. The third-order valence-electron chi connectivity index (χ3n) is 2.40. The summed E-state index contributed by atoms with van der Waals surface area (Å²) in [6.45, 7) is 1.90. The highest BCUT2D eigenvalue weighted by atomic mass is 16.6. The first-order chi connectivity index (χ1) is 8.17. The average Bonchev–Trinajstić information content (AvgIpc) is 2.36. The van der Waals surface area contributed by atoms with E-state index in [1.54, 1.807) is 12.1 Å². The molecule has 3 N–H and O–H groups in total. The number of aryl methyl sites for hydroxylation is 1. The lowest BCUT2D eigenvalue weighted by molar-refractivity contribution is -0.383. The zero-order valence-corrected chi connectivity index (χ0v) is 9.17. The van der Waals surface area contributed by atoms with Gasteiger partial charge in [-0.2, -0.15) is 0 Å². The zero-order chi connectivity index (χ0) is 12.4. The van der Waals surface area contributed by atoms with Crippen LogP contribution in [0, 0.1) is 10.1 Å². The largest absolute Gasteiger partial charge is 0.308 e. The van der Waals surface area contributed by atoms with E-state index in [9.17, 15) is 10.1 Å². The van der Waals surface area contributed by atoms with Crippen molar-refractivity contribution in [3.8, 4) is 0 Å². The van der Waals surface area contributed by atoms with Crippen LogP contribution in [0.4, 0.5) is 11.5 Å². The molecule has 0 radical (unpaired) electrons. The first kappa shape index (κ1) is 11.2. The average molecular weight is 233 g/mol. The van der Waals surface area contributed by atoms with E-state index in [-0.39, 0.29) is 11.5 Å². The summed E-state index contributed by atoms with van der Waals surface area (Å²) in [6.07, 6.45) is 0.632. The van der Waals surface area contributed by atoms with Gasteiger partial charge in [0.1, 0.15) is 11.2 Å². The lowest BCUT2D eigenvalue weighted by atomic mass is 10.2. The third-order valence-corrected chi connectivity index (χ3v) is 2.40. The highest BCUT2D eigenvalue weighted by molar-refractivity contribution is 5.96. The number of nitrogens with zero attached hydrogens (tertiary/aromatic N) is 3. The monoisotopic (exact) mass is 233 g/mol. The highest BCUT2D eigenvalue weighted by Gasteiger charge is 2.17. The summed E-state index contributed by atoms with van der Waals surface area (Å²) < 4.78 is 0. The molecule has 0 bridgehead atoms. The maximum Gasteiger partial charge on any atom is 0.282 e. The number of nitrogens with two attached hydrogens (primary N) is 1. The molecule has 1 aromatic carbocycles. The lowest BCUT2D eigenvalue weighted by Crippen LogP contribution is -2.11. The Balaban J connectivity index is 2.84. The summed E-state index contributed by atoms with van der Waals surface area (Å²) in [5, 5.41) is 11.2. The second-order valence-electron chi connectivity index (χ2n) is 3.41. The summed E-state index contributed by atoms with van der Waals surface area (Å²) in [7, 11) is 0. The molecule has 0 fully saturated rings. The van der Waals surface area contributed by atoms with Crippen LogP contribution in [0.15, 0.2) is 18.2 Å². The molecule has 1 heterocycles. The summed E-state index contributed by atoms with van der Waals surface area (Å²) in [5.41, 5.74) is 2.84. The molecular weight excluding hydrogens is 222 g/mol. The van der Waals surface area contributed by atoms with Crippen molar-refractivity contribution in [3.63, 3.8) is 0 Å². The predicted molar refractivity (Wildman–Crippen MR) is 63.4 cm³/mol. The van der Waals surface area contributed by atoms with Crippen LogP contribution in [0.25, 0.3) is 10.9 Å². The van der Waals surface area contributed by atoms with Crippen LogP contribution in [0.5, 0.6) is 0 Å². The van der Waals surface area contributed by atoms with Gasteiger partial charge in [0.25, 0.3) is 5.69 Å². The van der Waals surface area contributed by atoms with Gasteiger partial charge in [0.2, 0.25) is 0 Å². The van der Waals surface area contributed by atoms with Crippen LogP contribution in [0.1, 0.15) is 12.7 Å². The number of hydrogen-bond donors (Lipinski definition) is 2. The standard InChI is InChI=1S/C10H11N5O2/c1-2-8-12-6-4-3-5-7(15(16)17)9(6)10(13-8)14-11/h3-5H,2,11H2,1H3,(H,12,13,14). The minimum atomic E-state index is -0.474. The molecule has 0 amide bonds. The normalized spacial score (nSPS) is 10.5. The fourth-order valence-corrected chi connectivity index (χ4v) is 1.63. The SMILES string of the molecule is CCc1nc(NN)c2c([N+](=O)[O-])cccc2n1. The molecule has 7 heteroatoms. The number of non-ortho nitro benzene ring substituents is 1. The smallest absolute Gasteiger partial charge is 0.282 e. The number of nitrogen functional groups attached to an aromatic ring is 1. The molecule has 17 heavy (non-hydrogen) atoms. The van der Waals surface area contributed by atoms with Crippen molar-refractivity contribution in [2.45, 2.75) is 13.3 Å². The summed E-state index contributed by atoms with van der Waals surface area (Å²) in [5.74, 6) is 6.21. The number of aromatic nitrogens is 2. The van der Waals surface area contributed by atoms with Gasteiger partial charge in [-0.05, 0) is 6.07 Å². The molecular formula is C10H11N5O2. The van der Waals surface area contributed by atoms with Crippen LogP contribution >= 0.6 is 0 Å². The molecule has 2 aromatic rings. The van der Waals surface area contributed by atoms with Gasteiger partial charge in [0.15, 0.2) is 5.82 Å². The first-order valence-corrected chi connectivity index (χ1v) is 5.08. The molecule has 0 aliphatic rings. The Morgan fingerprint density at radius 1 is 1.47 bits per heavy atom. The summed E-state index contributed by atoms with van der Waals surface area (Å²) >= 11 is 0. The molecule has 88 valence electrons. The van der Waals surface area contributed by atoms with Crippen LogP contribution in [-0.2, 0) is 6.42 Å². The maximum atomic E-state index is 10.9. The minimum Gasteiger partial charge on any atom is -0.308 e. The van der Waals surface area contributed by atoms with Gasteiger partial charge in [-0.3, -0.25) is 10.1 Å². The number of nitro benzene ring substituents is 1. The first-order valence-electron chi connectivity index (χ1n) is 5.08. The Hall–Kier alpha value is -2.28. The number of nitrogens with one attached hydrogen (secondary N) is 1. The fourth-order valence-electron chi connectivity index (χ4n) is 1.63. The van der Waals surface area contributed by atoms with Crippen molar-refractivity contribution in [3.05, 3.63) is 34.1 Å². The maximum absolute atomic E-state index is 10.9. The third kappa shape index (κ3) is 1.87. The quantitative estimate of drug-likeness (QED) is 0.471. The zero-order valence-electron chi connectivity index (χ0n) is 9.17. The Morgan fingerprint density at radius 2 is 2.24 bits per heavy atom. The molecule has 0 aliphatic heterocycles. The Morgan fingerprint density at radius 3 is 2.82 bits per heavy atom. The summed E-state index contributed by atoms with van der Waals surface area (Å²) in [6, 6.07) is 4.69. The number of anilines is 1. The molecule has 0 aliphatic carbocycles. The van der Waals surface area contributed by atoms with Crippen molar-refractivity contribution in [1.82, 2.24) is 9.97 Å². The van der Waals surface area contributed by atoms with Gasteiger partial charge in [-0.15, -0.1) is 0 Å². The van der Waals surface area contributed by atoms with E-state index in [1.165, 1.54) is 6.07 Å². The molecule has 0 unspecified atom stereocenters. The highest BCUT2D eigenvalue weighted by Crippen LogP contribution is 2.29. The second kappa shape index (κ2) is 4.30. The van der Waals surface area contributed by atoms with Crippen molar-refractivity contribution < 1.29 is 4.92 Å². The summed E-state index contributed by atoms with van der Waals surface area (Å²) in [4.78, 5) is 18.8. The van der Waals surface area contributed by atoms with Gasteiger partial charge in [0, 0.05) is 12.5 Å². The van der Waals surface area contributed by atoms with Crippen molar-refractivity contribution in [2.24, 2.45) is 5.84 Å². The lowest BCUT2D eigenvalue weighted by Gasteiger charge is -2.06. The molecule has 0 saturated carbocycles. The van der Waals surface area contributed by atoms with Crippen LogP contribution < -0.4 is 11.3 Å². The molecule has 0 saturated heterocycles. The van der Waals surface area contributed by atoms with Crippen molar-refractivity contribution >= 4 is 22.4 Å². The van der Waals surface area contributed by atoms with Crippen LogP contribution in [0.3, 0.4) is 0 Å². The van der Waals surface area contributed by atoms with E-state index in [0.29, 0.717) is 23.1 Å². The van der Waals surface area contributed by atoms with Gasteiger partial charge < -0.3 is 5.43 Å². The minimum absolute atomic E-state index is 0.0573. The van der Waals surface area contributed by atoms with Gasteiger partial charge in [0.05, 0.1) is 10.4 Å². The second-order valence-corrected chi connectivity index (χ2v) is 3.41. The molecule has 1 aromatic heterocycles. The van der Waals surface area contributed by atoms with Crippen LogP contribution in [0.2, 0.25) is 0 Å². The topological polar surface area (TPSA) is 107 Å². The Bertz CT molecular complexity index is 584. The molecule has 2 rings (SSSR count). The predicted octanol–water partition coefficient (Wildman–Crippen LogP) is 1.39. The van der Waals surface area contributed by atoms with Gasteiger partial charge in [-0.25, -0.2) is 15.8 Å². The Kier molecular flexibility index (Phi) is 2.84. The number of benzene rings is 1. The fraction of sp³-hybridized carbons (Fsp3) is 0.200. The van der Waals surface area contributed by atoms with E-state index in [4.69, 9.17) is 5.84 Å². The number of rotatable bonds is 3. The van der Waals surface area contributed by atoms with Crippen molar-refractivity contribution in [1.29, 1.82) is 0 Å². The number of hydrogen-bond acceptors (Lipinski definition) is 6. The van der Waals surface area contributed by atoms with Gasteiger partial charge in [-0.1, -0.05) is 13.0 Å². The van der Waals surface area contributed by atoms with E-state index in [2.05, 4.69) is 15.4 Å². The number of hydrazine groups is 1. The molecule has 7 nitrogen and oxygen atoms in total. The molecule has 0 atom stereocenters. The Labute approximate surface area is 96.8 Å². The number of nitro groups is 1.